The SMILES string of the molecule is CN(CC1CCCO1)C(=O)COc1ccc2cc(Br)ccc2c1. The largest absolute Gasteiger partial charge is 0.484 e. The first-order chi connectivity index (χ1) is 11.1. The molecule has 1 aliphatic rings. The topological polar surface area (TPSA) is 38.8 Å². The van der Waals surface area contributed by atoms with Gasteiger partial charge in [-0.05, 0) is 47.9 Å². The average molecular weight is 378 g/mol. The highest BCUT2D eigenvalue weighted by molar-refractivity contribution is 9.10. The third-order valence-electron chi connectivity index (χ3n) is 4.06. The summed E-state index contributed by atoms with van der Waals surface area (Å²) < 4.78 is 12.2. The molecule has 3 rings (SSSR count). The summed E-state index contributed by atoms with van der Waals surface area (Å²) in [5.74, 6) is 0.676. The van der Waals surface area contributed by atoms with Gasteiger partial charge in [0.1, 0.15) is 5.75 Å². The molecule has 1 aliphatic heterocycles. The molecule has 2 aromatic carbocycles. The van der Waals surface area contributed by atoms with Crippen LogP contribution in [0.25, 0.3) is 10.8 Å². The zero-order chi connectivity index (χ0) is 16.2. The van der Waals surface area contributed by atoms with Crippen molar-refractivity contribution in [3.05, 3.63) is 40.9 Å². The lowest BCUT2D eigenvalue weighted by Gasteiger charge is -2.20. The number of ether oxygens (including phenoxy) is 2. The Balaban J connectivity index is 1.56. The van der Waals surface area contributed by atoms with Crippen molar-refractivity contribution in [1.82, 2.24) is 4.90 Å². The lowest BCUT2D eigenvalue weighted by Crippen LogP contribution is -2.37. The van der Waals surface area contributed by atoms with Crippen molar-refractivity contribution in [2.45, 2.75) is 18.9 Å². The molecule has 0 aliphatic carbocycles. The molecule has 1 atom stereocenters. The first-order valence-corrected chi connectivity index (χ1v) is 8.59. The zero-order valence-corrected chi connectivity index (χ0v) is 14.7. The van der Waals surface area contributed by atoms with Crippen molar-refractivity contribution in [3.8, 4) is 5.75 Å². The van der Waals surface area contributed by atoms with Gasteiger partial charge in [0, 0.05) is 24.7 Å². The number of fused-ring (bicyclic) bond motifs is 1. The second-order valence-corrected chi connectivity index (χ2v) is 6.77. The number of hydrogen-bond acceptors (Lipinski definition) is 3. The Hall–Kier alpha value is -1.59. The number of benzene rings is 2. The Morgan fingerprint density at radius 1 is 1.30 bits per heavy atom. The van der Waals surface area contributed by atoms with Crippen LogP contribution in [0.3, 0.4) is 0 Å². The van der Waals surface area contributed by atoms with Gasteiger partial charge in [0.2, 0.25) is 0 Å². The summed E-state index contributed by atoms with van der Waals surface area (Å²) in [7, 11) is 1.80. The Kier molecular flexibility index (Phi) is 5.18. The van der Waals surface area contributed by atoms with Crippen molar-refractivity contribution in [3.63, 3.8) is 0 Å². The van der Waals surface area contributed by atoms with E-state index in [1.54, 1.807) is 11.9 Å². The molecule has 122 valence electrons. The van der Waals surface area contributed by atoms with Gasteiger partial charge in [0.25, 0.3) is 5.91 Å². The van der Waals surface area contributed by atoms with Gasteiger partial charge >= 0.3 is 0 Å². The number of halogens is 1. The molecule has 0 bridgehead atoms. The van der Waals surface area contributed by atoms with Crippen molar-refractivity contribution < 1.29 is 14.3 Å². The van der Waals surface area contributed by atoms with E-state index in [2.05, 4.69) is 22.0 Å². The summed E-state index contributed by atoms with van der Waals surface area (Å²) in [5, 5.41) is 2.22. The van der Waals surface area contributed by atoms with Crippen LogP contribution >= 0.6 is 15.9 Å². The second-order valence-electron chi connectivity index (χ2n) is 5.85. The van der Waals surface area contributed by atoms with E-state index >= 15 is 0 Å². The molecular weight excluding hydrogens is 358 g/mol. The molecule has 0 saturated carbocycles. The molecule has 1 saturated heterocycles. The maximum absolute atomic E-state index is 12.2. The number of carbonyl (C=O) groups excluding carboxylic acids is 1. The first kappa shape index (κ1) is 16.3. The summed E-state index contributed by atoms with van der Waals surface area (Å²) in [6.45, 7) is 1.48. The average Bonchev–Trinajstić information content (AvgIpc) is 3.05. The predicted octanol–water partition coefficient (Wildman–Crippen LogP) is 3.62. The Morgan fingerprint density at radius 2 is 2.09 bits per heavy atom. The minimum atomic E-state index is -0.0311. The summed E-state index contributed by atoms with van der Waals surface area (Å²) in [4.78, 5) is 13.8. The molecule has 4 nitrogen and oxygen atoms in total. The van der Waals surface area contributed by atoms with Crippen LogP contribution in [0, 0.1) is 0 Å². The van der Waals surface area contributed by atoms with Crippen LogP contribution in [0.2, 0.25) is 0 Å². The molecule has 0 N–H and O–H groups in total. The number of amides is 1. The van der Waals surface area contributed by atoms with Gasteiger partial charge in [-0.15, -0.1) is 0 Å². The Labute approximate surface area is 144 Å². The van der Waals surface area contributed by atoms with Crippen LogP contribution in [0.4, 0.5) is 0 Å². The van der Waals surface area contributed by atoms with Crippen LogP contribution in [0.5, 0.6) is 5.75 Å². The fourth-order valence-electron chi connectivity index (χ4n) is 2.74. The van der Waals surface area contributed by atoms with Crippen LogP contribution < -0.4 is 4.74 Å². The van der Waals surface area contributed by atoms with E-state index in [-0.39, 0.29) is 18.6 Å². The number of hydrogen-bond donors (Lipinski definition) is 0. The maximum Gasteiger partial charge on any atom is 0.260 e. The highest BCUT2D eigenvalue weighted by atomic mass is 79.9. The van der Waals surface area contributed by atoms with Crippen LogP contribution in [-0.4, -0.2) is 43.7 Å². The van der Waals surface area contributed by atoms with Gasteiger partial charge in [-0.2, -0.15) is 0 Å². The van der Waals surface area contributed by atoms with Gasteiger partial charge < -0.3 is 14.4 Å². The van der Waals surface area contributed by atoms with Gasteiger partial charge in [-0.25, -0.2) is 0 Å². The number of carbonyl (C=O) groups is 1. The quantitative estimate of drug-likeness (QED) is 0.798. The van der Waals surface area contributed by atoms with Gasteiger partial charge in [-0.1, -0.05) is 28.1 Å². The van der Waals surface area contributed by atoms with E-state index < -0.39 is 0 Å². The van der Waals surface area contributed by atoms with Crippen molar-refractivity contribution >= 4 is 32.6 Å². The van der Waals surface area contributed by atoms with E-state index in [0.29, 0.717) is 12.3 Å². The number of rotatable bonds is 5. The standard InChI is InChI=1S/C18H20BrNO3/c1-20(11-17-3-2-8-22-17)18(21)12-23-16-7-5-13-9-15(19)6-4-14(13)10-16/h4-7,9-10,17H,2-3,8,11-12H2,1H3. The van der Waals surface area contributed by atoms with E-state index in [1.165, 1.54) is 0 Å². The maximum atomic E-state index is 12.2. The summed E-state index contributed by atoms with van der Waals surface area (Å²) in [5.41, 5.74) is 0. The minimum Gasteiger partial charge on any atom is -0.484 e. The summed E-state index contributed by atoms with van der Waals surface area (Å²) in [6, 6.07) is 11.9. The molecule has 0 aromatic heterocycles. The molecule has 1 fully saturated rings. The monoisotopic (exact) mass is 377 g/mol. The summed E-state index contributed by atoms with van der Waals surface area (Å²) in [6.07, 6.45) is 2.28. The molecule has 0 radical (unpaired) electrons. The molecule has 0 spiro atoms. The lowest BCUT2D eigenvalue weighted by molar-refractivity contribution is -0.133. The highest BCUT2D eigenvalue weighted by Crippen LogP contribution is 2.24. The molecule has 5 heteroatoms. The minimum absolute atomic E-state index is 0.0311. The van der Waals surface area contributed by atoms with Gasteiger partial charge in [-0.3, -0.25) is 4.79 Å². The van der Waals surface area contributed by atoms with Crippen LogP contribution in [0.1, 0.15) is 12.8 Å². The fraction of sp³-hybridized carbons (Fsp3) is 0.389. The van der Waals surface area contributed by atoms with Crippen molar-refractivity contribution in [2.24, 2.45) is 0 Å². The zero-order valence-electron chi connectivity index (χ0n) is 13.1. The van der Waals surface area contributed by atoms with Crippen LogP contribution in [0.15, 0.2) is 40.9 Å². The van der Waals surface area contributed by atoms with E-state index in [0.717, 1.165) is 34.7 Å². The number of nitrogens with zero attached hydrogens (tertiary/aromatic N) is 1. The molecule has 1 heterocycles. The van der Waals surface area contributed by atoms with E-state index in [4.69, 9.17) is 9.47 Å². The van der Waals surface area contributed by atoms with E-state index in [1.807, 2.05) is 30.3 Å². The predicted molar refractivity (Wildman–Crippen MR) is 93.8 cm³/mol. The molecule has 2 aromatic rings. The Bertz CT molecular complexity index is 698. The summed E-state index contributed by atoms with van der Waals surface area (Å²) >= 11 is 3.46. The molecule has 1 amide bonds. The highest BCUT2D eigenvalue weighted by Gasteiger charge is 2.20. The number of likely N-dealkylation sites (N-methyl/N-ethyl adjacent to an activating group) is 1. The second kappa shape index (κ2) is 7.32. The molecule has 1 unspecified atom stereocenters. The lowest BCUT2D eigenvalue weighted by atomic mass is 10.1. The molecule has 23 heavy (non-hydrogen) atoms. The third-order valence-corrected chi connectivity index (χ3v) is 4.56. The first-order valence-electron chi connectivity index (χ1n) is 7.79. The van der Waals surface area contributed by atoms with Gasteiger partial charge in [0.15, 0.2) is 6.61 Å². The smallest absolute Gasteiger partial charge is 0.260 e. The van der Waals surface area contributed by atoms with Crippen LogP contribution in [-0.2, 0) is 9.53 Å². The Morgan fingerprint density at radius 3 is 2.87 bits per heavy atom. The van der Waals surface area contributed by atoms with Gasteiger partial charge in [0.05, 0.1) is 6.10 Å². The van der Waals surface area contributed by atoms with E-state index in [9.17, 15) is 4.79 Å². The van der Waals surface area contributed by atoms with Crippen molar-refractivity contribution in [2.75, 3.05) is 26.8 Å². The normalized spacial score (nSPS) is 17.4. The fourth-order valence-corrected chi connectivity index (χ4v) is 3.11. The third kappa shape index (κ3) is 4.24. The van der Waals surface area contributed by atoms with Crippen molar-refractivity contribution in [1.29, 1.82) is 0 Å². The molecular formula is C18H20BrNO3.